The number of nitrogens with one attached hydrogen (secondary N) is 2. The van der Waals surface area contributed by atoms with Gasteiger partial charge in [0, 0.05) is 25.9 Å². The maximum atomic E-state index is 5.40. The Morgan fingerprint density at radius 2 is 2.19 bits per heavy atom. The Bertz CT molecular complexity index is 503. The summed E-state index contributed by atoms with van der Waals surface area (Å²) < 4.78 is 11.7. The van der Waals surface area contributed by atoms with Crippen LogP contribution in [0.5, 0.6) is 11.5 Å². The Hall–Kier alpha value is -0.350. The minimum Gasteiger partial charge on any atom is -0.454 e. The second kappa shape index (κ2) is 9.62. The van der Waals surface area contributed by atoms with E-state index in [0.717, 1.165) is 39.8 Å². The summed E-state index contributed by atoms with van der Waals surface area (Å²) in [5.41, 5.74) is 1.11. The molecule has 0 amide bonds. The zero-order valence-corrected chi connectivity index (χ0v) is 16.7. The second-order valence-electron chi connectivity index (χ2n) is 4.16. The van der Waals surface area contributed by atoms with Gasteiger partial charge in [-0.25, -0.2) is 0 Å². The van der Waals surface area contributed by atoms with Crippen LogP contribution in [0.4, 0.5) is 0 Å². The van der Waals surface area contributed by atoms with Crippen molar-refractivity contribution in [2.24, 2.45) is 4.99 Å². The molecule has 8 heteroatoms. The fourth-order valence-corrected chi connectivity index (χ4v) is 2.71. The smallest absolute Gasteiger partial charge is 0.231 e. The molecule has 2 N–H and O–H groups in total. The quantitative estimate of drug-likeness (QED) is 0.289. The Morgan fingerprint density at radius 3 is 2.90 bits per heavy atom. The highest BCUT2D eigenvalue weighted by molar-refractivity contribution is 14.0. The molecular formula is C13H19BrIN3O2S. The van der Waals surface area contributed by atoms with Crippen molar-refractivity contribution >= 4 is 57.6 Å². The molecule has 0 aliphatic carbocycles. The number of rotatable bonds is 5. The molecule has 0 saturated carbocycles. The van der Waals surface area contributed by atoms with Gasteiger partial charge in [0.25, 0.3) is 0 Å². The highest BCUT2D eigenvalue weighted by atomic mass is 127. The number of hydrogen-bond acceptors (Lipinski definition) is 4. The van der Waals surface area contributed by atoms with Gasteiger partial charge in [-0.2, -0.15) is 11.8 Å². The molecular weight excluding hydrogens is 469 g/mol. The molecule has 1 aromatic rings. The third-order valence-corrected chi connectivity index (χ3v) is 3.97. The third-order valence-electron chi connectivity index (χ3n) is 2.77. The lowest BCUT2D eigenvalue weighted by molar-refractivity contribution is 0.173. The van der Waals surface area contributed by atoms with Crippen LogP contribution >= 0.6 is 51.7 Å². The summed E-state index contributed by atoms with van der Waals surface area (Å²) in [5.74, 6) is 3.40. The van der Waals surface area contributed by atoms with E-state index in [1.807, 2.05) is 12.1 Å². The van der Waals surface area contributed by atoms with Gasteiger partial charge in [0.05, 0.1) is 4.47 Å². The fourth-order valence-electron chi connectivity index (χ4n) is 1.80. The van der Waals surface area contributed by atoms with Crippen molar-refractivity contribution in [2.75, 3.05) is 32.4 Å². The van der Waals surface area contributed by atoms with Crippen molar-refractivity contribution in [2.45, 2.75) is 6.54 Å². The van der Waals surface area contributed by atoms with Gasteiger partial charge in [0.2, 0.25) is 6.79 Å². The summed E-state index contributed by atoms with van der Waals surface area (Å²) in [6.07, 6.45) is 2.09. The van der Waals surface area contributed by atoms with Crippen LogP contribution < -0.4 is 20.1 Å². The second-order valence-corrected chi connectivity index (χ2v) is 6.00. The number of hydrogen-bond donors (Lipinski definition) is 2. The maximum absolute atomic E-state index is 5.40. The number of thioether (sulfide) groups is 1. The molecule has 0 spiro atoms. The van der Waals surface area contributed by atoms with Crippen LogP contribution in [-0.2, 0) is 6.54 Å². The number of ether oxygens (including phenoxy) is 2. The normalized spacial score (nSPS) is 12.8. The Kier molecular flexibility index (Phi) is 8.57. The van der Waals surface area contributed by atoms with E-state index < -0.39 is 0 Å². The molecule has 0 saturated heterocycles. The zero-order chi connectivity index (χ0) is 14.4. The third kappa shape index (κ3) is 5.41. The summed E-state index contributed by atoms with van der Waals surface area (Å²) in [6, 6.07) is 4.00. The lowest BCUT2D eigenvalue weighted by Gasteiger charge is -2.12. The van der Waals surface area contributed by atoms with Crippen molar-refractivity contribution in [3.05, 3.63) is 22.2 Å². The number of nitrogens with zero attached hydrogens (tertiary/aromatic N) is 1. The molecule has 1 heterocycles. The Labute approximate surface area is 154 Å². The van der Waals surface area contributed by atoms with Gasteiger partial charge in [0.1, 0.15) is 0 Å². The predicted molar refractivity (Wildman–Crippen MR) is 102 cm³/mol. The molecule has 1 aliphatic heterocycles. The van der Waals surface area contributed by atoms with Crippen LogP contribution in [0.25, 0.3) is 0 Å². The SMILES string of the molecule is CN=C(NCCSC)NCc1cc(Br)c2c(c1)OCO2.I. The van der Waals surface area contributed by atoms with Crippen molar-refractivity contribution < 1.29 is 9.47 Å². The van der Waals surface area contributed by atoms with Gasteiger partial charge in [-0.15, -0.1) is 24.0 Å². The molecule has 5 nitrogen and oxygen atoms in total. The van der Waals surface area contributed by atoms with Crippen LogP contribution in [0, 0.1) is 0 Å². The van der Waals surface area contributed by atoms with E-state index in [0.29, 0.717) is 6.54 Å². The summed E-state index contributed by atoms with van der Waals surface area (Å²) in [5, 5.41) is 6.53. The minimum absolute atomic E-state index is 0. The highest BCUT2D eigenvalue weighted by Gasteiger charge is 2.17. The molecule has 0 atom stereocenters. The number of aliphatic imine (C=N–C) groups is 1. The average molecular weight is 488 g/mol. The summed E-state index contributed by atoms with van der Waals surface area (Å²) in [7, 11) is 1.77. The first kappa shape index (κ1) is 18.7. The van der Waals surface area contributed by atoms with Gasteiger partial charge in [-0.1, -0.05) is 0 Å². The van der Waals surface area contributed by atoms with Crippen molar-refractivity contribution in [3.63, 3.8) is 0 Å². The van der Waals surface area contributed by atoms with E-state index in [2.05, 4.69) is 37.8 Å². The molecule has 0 unspecified atom stereocenters. The van der Waals surface area contributed by atoms with E-state index in [-0.39, 0.29) is 30.8 Å². The fraction of sp³-hybridized carbons (Fsp3) is 0.462. The van der Waals surface area contributed by atoms with Crippen LogP contribution in [0.1, 0.15) is 5.56 Å². The summed E-state index contributed by atoms with van der Waals surface area (Å²) >= 11 is 5.29. The van der Waals surface area contributed by atoms with Gasteiger partial charge < -0.3 is 20.1 Å². The Morgan fingerprint density at radius 1 is 1.38 bits per heavy atom. The van der Waals surface area contributed by atoms with Gasteiger partial charge >= 0.3 is 0 Å². The Balaban J connectivity index is 0.00000220. The number of fused-ring (bicyclic) bond motifs is 1. The van der Waals surface area contributed by atoms with Crippen LogP contribution in [0.2, 0.25) is 0 Å². The molecule has 0 radical (unpaired) electrons. The predicted octanol–water partition coefficient (Wildman–Crippen LogP) is 2.82. The number of halogens is 2. The van der Waals surface area contributed by atoms with Crippen LogP contribution in [-0.4, -0.2) is 38.4 Å². The average Bonchev–Trinajstić information content (AvgIpc) is 2.91. The summed E-state index contributed by atoms with van der Waals surface area (Å²) in [4.78, 5) is 4.19. The summed E-state index contributed by atoms with van der Waals surface area (Å²) in [6.45, 7) is 1.85. The lowest BCUT2D eigenvalue weighted by Crippen LogP contribution is -2.37. The number of guanidine groups is 1. The molecule has 0 bridgehead atoms. The topological polar surface area (TPSA) is 54.9 Å². The van der Waals surface area contributed by atoms with E-state index in [4.69, 9.17) is 9.47 Å². The molecule has 0 fully saturated rings. The van der Waals surface area contributed by atoms with E-state index >= 15 is 0 Å². The van der Waals surface area contributed by atoms with E-state index in [9.17, 15) is 0 Å². The molecule has 1 aliphatic rings. The largest absolute Gasteiger partial charge is 0.454 e. The van der Waals surface area contributed by atoms with E-state index in [1.54, 1.807) is 18.8 Å². The molecule has 118 valence electrons. The van der Waals surface area contributed by atoms with Crippen molar-refractivity contribution in [1.82, 2.24) is 10.6 Å². The van der Waals surface area contributed by atoms with Crippen molar-refractivity contribution in [3.8, 4) is 11.5 Å². The van der Waals surface area contributed by atoms with E-state index in [1.165, 1.54) is 0 Å². The zero-order valence-electron chi connectivity index (χ0n) is 11.9. The van der Waals surface area contributed by atoms with Crippen molar-refractivity contribution in [1.29, 1.82) is 0 Å². The maximum Gasteiger partial charge on any atom is 0.231 e. The van der Waals surface area contributed by atoms with Crippen LogP contribution in [0.3, 0.4) is 0 Å². The lowest BCUT2D eigenvalue weighted by atomic mass is 10.2. The highest BCUT2D eigenvalue weighted by Crippen LogP contribution is 2.39. The van der Waals surface area contributed by atoms with Gasteiger partial charge in [-0.3, -0.25) is 4.99 Å². The standard InChI is InChI=1S/C13H18BrN3O2S.HI/c1-15-13(16-3-4-20-2)17-7-9-5-10(14)12-11(6-9)18-8-19-12;/h5-6H,3-4,7-8H2,1-2H3,(H2,15,16,17);1H. The first-order valence-corrected chi connectivity index (χ1v) is 8.44. The molecule has 21 heavy (non-hydrogen) atoms. The molecule has 2 rings (SSSR count). The number of benzene rings is 1. The van der Waals surface area contributed by atoms with Gasteiger partial charge in [0.15, 0.2) is 17.5 Å². The van der Waals surface area contributed by atoms with Gasteiger partial charge in [-0.05, 0) is 39.9 Å². The van der Waals surface area contributed by atoms with Crippen LogP contribution in [0.15, 0.2) is 21.6 Å². The minimum atomic E-state index is 0. The monoisotopic (exact) mass is 487 g/mol. The molecule has 1 aromatic carbocycles. The molecule has 0 aromatic heterocycles. The first-order chi connectivity index (χ1) is 9.74. The first-order valence-electron chi connectivity index (χ1n) is 6.26.